The van der Waals surface area contributed by atoms with E-state index in [1.807, 2.05) is 27.7 Å². The molecule has 182 valence electrons. The number of nitrogens with zero attached hydrogens (tertiary/aromatic N) is 4. The van der Waals surface area contributed by atoms with Crippen LogP contribution in [-0.2, 0) is 9.59 Å². The lowest BCUT2D eigenvalue weighted by molar-refractivity contribution is -0.134. The number of carbonyl (C=O) groups excluding carboxylic acids is 2. The van der Waals surface area contributed by atoms with E-state index >= 15 is 0 Å². The average molecular weight is 471 g/mol. The van der Waals surface area contributed by atoms with Gasteiger partial charge in [-0.15, -0.1) is 0 Å². The van der Waals surface area contributed by atoms with Gasteiger partial charge in [0.05, 0.1) is 5.69 Å². The van der Waals surface area contributed by atoms with Crippen molar-refractivity contribution in [3.05, 3.63) is 60.2 Å². The fourth-order valence-electron chi connectivity index (χ4n) is 4.70. The van der Waals surface area contributed by atoms with Crippen LogP contribution in [0, 0.1) is 17.6 Å². The monoisotopic (exact) mass is 470 g/mol. The molecule has 0 N–H and O–H groups in total. The van der Waals surface area contributed by atoms with Crippen LogP contribution in [0.3, 0.4) is 0 Å². The first kappa shape index (κ1) is 24.0. The quantitative estimate of drug-likeness (QED) is 0.650. The summed E-state index contributed by atoms with van der Waals surface area (Å²) >= 11 is 0. The molecule has 0 saturated carbocycles. The minimum Gasteiger partial charge on any atom is -0.368 e. The number of halogens is 2. The second-order valence-electron chi connectivity index (χ2n) is 9.18. The number of para-hydroxylation sites is 1. The van der Waals surface area contributed by atoms with Crippen molar-refractivity contribution in [3.8, 4) is 0 Å². The van der Waals surface area contributed by atoms with Crippen molar-refractivity contribution >= 4 is 23.2 Å². The molecule has 0 aromatic heterocycles. The summed E-state index contributed by atoms with van der Waals surface area (Å²) in [6, 6.07) is 13.1. The van der Waals surface area contributed by atoms with Crippen LogP contribution in [0.4, 0.5) is 20.2 Å². The van der Waals surface area contributed by atoms with Gasteiger partial charge in [0.25, 0.3) is 0 Å². The van der Waals surface area contributed by atoms with Crippen molar-refractivity contribution in [1.29, 1.82) is 0 Å². The highest BCUT2D eigenvalue weighted by Gasteiger charge is 2.26. The van der Waals surface area contributed by atoms with Crippen molar-refractivity contribution in [1.82, 2.24) is 9.80 Å². The Bertz CT molecular complexity index is 985. The highest BCUT2D eigenvalue weighted by molar-refractivity contribution is 5.80. The number of hydrogen-bond donors (Lipinski definition) is 0. The molecule has 2 amide bonds. The van der Waals surface area contributed by atoms with Crippen LogP contribution < -0.4 is 9.80 Å². The molecule has 0 aliphatic carbocycles. The van der Waals surface area contributed by atoms with E-state index in [1.54, 1.807) is 24.3 Å². The van der Waals surface area contributed by atoms with Gasteiger partial charge in [0.1, 0.15) is 11.6 Å². The fourth-order valence-corrected chi connectivity index (χ4v) is 4.70. The first-order chi connectivity index (χ1) is 16.4. The molecule has 6 nitrogen and oxygen atoms in total. The van der Waals surface area contributed by atoms with Gasteiger partial charge in [0.2, 0.25) is 11.8 Å². The van der Waals surface area contributed by atoms with Gasteiger partial charge in [0, 0.05) is 70.9 Å². The van der Waals surface area contributed by atoms with Crippen LogP contribution in [-0.4, -0.2) is 74.0 Å². The van der Waals surface area contributed by atoms with E-state index in [4.69, 9.17) is 0 Å². The SMILES string of the molecule is C[C@@H](CC(=O)N1CCN(c2ccc(F)cc2)CC1)CC(=O)N1CCN(c2ccccc2F)CC1. The zero-order valence-electron chi connectivity index (χ0n) is 19.6. The Hall–Kier alpha value is -3.16. The Morgan fingerprint density at radius 3 is 1.76 bits per heavy atom. The van der Waals surface area contributed by atoms with Gasteiger partial charge in [-0.25, -0.2) is 8.78 Å². The molecule has 8 heteroatoms. The summed E-state index contributed by atoms with van der Waals surface area (Å²) in [6.45, 7) is 6.90. The molecule has 2 heterocycles. The highest BCUT2D eigenvalue weighted by atomic mass is 19.1. The van der Waals surface area contributed by atoms with Crippen molar-refractivity contribution in [2.45, 2.75) is 19.8 Å². The maximum absolute atomic E-state index is 14.0. The van der Waals surface area contributed by atoms with Crippen molar-refractivity contribution in [2.75, 3.05) is 62.2 Å². The maximum Gasteiger partial charge on any atom is 0.222 e. The van der Waals surface area contributed by atoms with Gasteiger partial charge in [-0.05, 0) is 42.3 Å². The largest absolute Gasteiger partial charge is 0.368 e. The predicted octanol–water partition coefficient (Wildman–Crippen LogP) is 3.38. The number of amides is 2. The molecular weight excluding hydrogens is 438 g/mol. The Labute approximate surface area is 199 Å². The van der Waals surface area contributed by atoms with Crippen LogP contribution in [0.25, 0.3) is 0 Å². The van der Waals surface area contributed by atoms with E-state index in [1.165, 1.54) is 18.2 Å². The van der Waals surface area contributed by atoms with Crippen molar-refractivity contribution in [2.24, 2.45) is 5.92 Å². The molecule has 0 bridgehead atoms. The van der Waals surface area contributed by atoms with E-state index in [-0.39, 0.29) is 29.4 Å². The zero-order chi connectivity index (χ0) is 24.1. The second kappa shape index (κ2) is 10.8. The van der Waals surface area contributed by atoms with Gasteiger partial charge >= 0.3 is 0 Å². The van der Waals surface area contributed by atoms with Gasteiger partial charge in [-0.3, -0.25) is 9.59 Å². The molecule has 2 aliphatic rings. The van der Waals surface area contributed by atoms with Gasteiger partial charge in [0.15, 0.2) is 0 Å². The molecule has 2 aliphatic heterocycles. The van der Waals surface area contributed by atoms with E-state index in [0.717, 1.165) is 5.69 Å². The van der Waals surface area contributed by atoms with Crippen LogP contribution >= 0.6 is 0 Å². The molecule has 2 aromatic carbocycles. The van der Waals surface area contributed by atoms with Crippen LogP contribution in [0.5, 0.6) is 0 Å². The number of carbonyl (C=O) groups is 2. The van der Waals surface area contributed by atoms with E-state index < -0.39 is 0 Å². The lowest BCUT2D eigenvalue weighted by Crippen LogP contribution is -2.50. The summed E-state index contributed by atoms with van der Waals surface area (Å²) in [7, 11) is 0. The normalized spacial score (nSPS) is 17.6. The average Bonchev–Trinajstić information content (AvgIpc) is 2.85. The topological polar surface area (TPSA) is 47.1 Å². The number of piperazine rings is 2. The summed E-state index contributed by atoms with van der Waals surface area (Å²) < 4.78 is 27.2. The summed E-state index contributed by atoms with van der Waals surface area (Å²) in [5.74, 6) is -0.418. The summed E-state index contributed by atoms with van der Waals surface area (Å²) in [5.41, 5.74) is 1.54. The minimum absolute atomic E-state index is 0.0419. The molecule has 34 heavy (non-hydrogen) atoms. The third kappa shape index (κ3) is 5.85. The first-order valence-electron chi connectivity index (χ1n) is 12.0. The second-order valence-corrected chi connectivity index (χ2v) is 9.18. The van der Waals surface area contributed by atoms with Crippen LogP contribution in [0.15, 0.2) is 48.5 Å². The van der Waals surface area contributed by atoms with Crippen molar-refractivity contribution < 1.29 is 18.4 Å². The Morgan fingerprint density at radius 1 is 0.735 bits per heavy atom. The predicted molar refractivity (Wildman–Crippen MR) is 129 cm³/mol. The van der Waals surface area contributed by atoms with E-state index in [0.29, 0.717) is 70.9 Å². The van der Waals surface area contributed by atoms with E-state index in [2.05, 4.69) is 4.90 Å². The third-order valence-corrected chi connectivity index (χ3v) is 6.70. The summed E-state index contributed by atoms with van der Waals surface area (Å²) in [4.78, 5) is 33.3. The molecular formula is C26H32F2N4O2. The molecule has 2 saturated heterocycles. The summed E-state index contributed by atoms with van der Waals surface area (Å²) in [6.07, 6.45) is 0.679. The molecule has 4 rings (SSSR count). The highest BCUT2D eigenvalue weighted by Crippen LogP contribution is 2.22. The lowest BCUT2D eigenvalue weighted by Gasteiger charge is -2.37. The Kier molecular flexibility index (Phi) is 7.65. The van der Waals surface area contributed by atoms with Crippen LogP contribution in [0.1, 0.15) is 19.8 Å². The van der Waals surface area contributed by atoms with Crippen LogP contribution in [0.2, 0.25) is 0 Å². The third-order valence-electron chi connectivity index (χ3n) is 6.70. The maximum atomic E-state index is 14.0. The van der Waals surface area contributed by atoms with E-state index in [9.17, 15) is 18.4 Å². The lowest BCUT2D eigenvalue weighted by atomic mass is 10.0. The Balaban J connectivity index is 1.19. The number of hydrogen-bond acceptors (Lipinski definition) is 4. The molecule has 0 radical (unpaired) electrons. The summed E-state index contributed by atoms with van der Waals surface area (Å²) in [5, 5.41) is 0. The molecule has 2 aromatic rings. The Morgan fingerprint density at radius 2 is 1.24 bits per heavy atom. The minimum atomic E-state index is -0.256. The molecule has 1 atom stereocenters. The zero-order valence-corrected chi connectivity index (χ0v) is 19.6. The van der Waals surface area contributed by atoms with Crippen molar-refractivity contribution in [3.63, 3.8) is 0 Å². The fraction of sp³-hybridized carbons (Fsp3) is 0.462. The standard InChI is InChI=1S/C26H32F2N4O2/c1-20(18-25(33)31-14-10-29(11-15-31)22-8-6-21(27)7-9-22)19-26(34)32-16-12-30(13-17-32)24-5-3-2-4-23(24)28/h2-9,20H,10-19H2,1H3/t20-/m0/s1. The number of rotatable bonds is 6. The number of anilines is 2. The molecule has 2 fully saturated rings. The first-order valence-corrected chi connectivity index (χ1v) is 12.0. The number of benzene rings is 2. The van der Waals surface area contributed by atoms with Gasteiger partial charge < -0.3 is 19.6 Å². The molecule has 0 unspecified atom stereocenters. The smallest absolute Gasteiger partial charge is 0.222 e. The van der Waals surface area contributed by atoms with Gasteiger partial charge in [-0.2, -0.15) is 0 Å². The van der Waals surface area contributed by atoms with Gasteiger partial charge in [-0.1, -0.05) is 19.1 Å². The molecule has 0 spiro atoms.